The molecule has 0 aliphatic heterocycles. The SMILES string of the molecule is O=C(O)Cc1cccc2c(=O)c3cccc(Br)c3oc12. The first kappa shape index (κ1) is 12.9. The minimum absolute atomic E-state index is 0.158. The van der Waals surface area contributed by atoms with Crippen molar-refractivity contribution in [3.05, 3.63) is 56.7 Å². The first-order valence-corrected chi connectivity index (χ1v) is 6.72. The number of rotatable bonds is 2. The number of aliphatic carboxylic acids is 1. The second kappa shape index (κ2) is 4.76. The van der Waals surface area contributed by atoms with E-state index in [0.29, 0.717) is 32.0 Å². The molecular formula is C15H9BrO4. The molecule has 5 heteroatoms. The summed E-state index contributed by atoms with van der Waals surface area (Å²) >= 11 is 3.34. The second-order valence-electron chi connectivity index (χ2n) is 4.41. The van der Waals surface area contributed by atoms with Gasteiger partial charge in [-0.3, -0.25) is 9.59 Å². The summed E-state index contributed by atoms with van der Waals surface area (Å²) in [6, 6.07) is 10.2. The van der Waals surface area contributed by atoms with Crippen LogP contribution in [-0.2, 0) is 11.2 Å². The Bertz CT molecular complexity index is 895. The van der Waals surface area contributed by atoms with Gasteiger partial charge in [-0.15, -0.1) is 0 Å². The van der Waals surface area contributed by atoms with Gasteiger partial charge in [0.25, 0.3) is 0 Å². The van der Waals surface area contributed by atoms with Crippen molar-refractivity contribution < 1.29 is 14.3 Å². The van der Waals surface area contributed by atoms with Gasteiger partial charge in [-0.2, -0.15) is 0 Å². The van der Waals surface area contributed by atoms with Gasteiger partial charge in [0.05, 0.1) is 21.7 Å². The molecule has 0 radical (unpaired) electrons. The minimum atomic E-state index is -0.965. The maximum atomic E-state index is 12.4. The summed E-state index contributed by atoms with van der Waals surface area (Å²) in [5.74, 6) is -0.965. The van der Waals surface area contributed by atoms with Crippen LogP contribution in [0.1, 0.15) is 5.56 Å². The molecule has 100 valence electrons. The first-order chi connectivity index (χ1) is 9.58. The van der Waals surface area contributed by atoms with Crippen molar-refractivity contribution in [1.82, 2.24) is 0 Å². The molecule has 0 unspecified atom stereocenters. The van der Waals surface area contributed by atoms with Crippen molar-refractivity contribution in [3.8, 4) is 0 Å². The Kier molecular flexibility index (Phi) is 3.06. The number of para-hydroxylation sites is 2. The molecule has 0 aliphatic rings. The molecular weight excluding hydrogens is 324 g/mol. The average molecular weight is 333 g/mol. The van der Waals surface area contributed by atoms with Gasteiger partial charge in [0.2, 0.25) is 5.43 Å². The number of carboxylic acids is 1. The molecule has 0 atom stereocenters. The summed E-state index contributed by atoms with van der Waals surface area (Å²) < 4.78 is 6.45. The fourth-order valence-corrected chi connectivity index (χ4v) is 2.67. The van der Waals surface area contributed by atoms with E-state index >= 15 is 0 Å². The molecule has 20 heavy (non-hydrogen) atoms. The zero-order valence-electron chi connectivity index (χ0n) is 10.2. The van der Waals surface area contributed by atoms with Crippen LogP contribution in [0.2, 0.25) is 0 Å². The van der Waals surface area contributed by atoms with E-state index in [2.05, 4.69) is 15.9 Å². The van der Waals surface area contributed by atoms with Crippen molar-refractivity contribution in [1.29, 1.82) is 0 Å². The predicted octanol–water partition coefficient (Wildman–Crippen LogP) is 3.34. The molecule has 2 aromatic carbocycles. The van der Waals surface area contributed by atoms with Crippen LogP contribution in [0.3, 0.4) is 0 Å². The second-order valence-corrected chi connectivity index (χ2v) is 5.27. The average Bonchev–Trinajstić information content (AvgIpc) is 2.41. The standard InChI is InChI=1S/C15H9BrO4/c16-11-6-2-5-10-13(19)9-4-1-3-8(7-12(17)18)14(9)20-15(10)11/h1-6H,7H2,(H,17,18). The monoisotopic (exact) mass is 332 g/mol. The molecule has 0 saturated heterocycles. The highest BCUT2D eigenvalue weighted by Gasteiger charge is 2.13. The highest BCUT2D eigenvalue weighted by Crippen LogP contribution is 2.27. The highest BCUT2D eigenvalue weighted by molar-refractivity contribution is 9.10. The smallest absolute Gasteiger partial charge is 0.307 e. The molecule has 0 spiro atoms. The van der Waals surface area contributed by atoms with Crippen LogP contribution in [0.5, 0.6) is 0 Å². The number of carbonyl (C=O) groups is 1. The molecule has 1 aromatic heterocycles. The zero-order chi connectivity index (χ0) is 14.3. The van der Waals surface area contributed by atoms with Crippen LogP contribution in [0.4, 0.5) is 0 Å². The zero-order valence-corrected chi connectivity index (χ0v) is 11.8. The summed E-state index contributed by atoms with van der Waals surface area (Å²) in [5.41, 5.74) is 1.10. The summed E-state index contributed by atoms with van der Waals surface area (Å²) in [5, 5.41) is 9.80. The Morgan fingerprint density at radius 1 is 1.10 bits per heavy atom. The Balaban J connectivity index is 2.47. The molecule has 0 aliphatic carbocycles. The quantitative estimate of drug-likeness (QED) is 0.731. The molecule has 0 bridgehead atoms. The molecule has 4 nitrogen and oxygen atoms in total. The molecule has 1 heterocycles. The Hall–Kier alpha value is -2.14. The topological polar surface area (TPSA) is 67.5 Å². The number of halogens is 1. The van der Waals surface area contributed by atoms with Crippen LogP contribution >= 0.6 is 15.9 Å². The van der Waals surface area contributed by atoms with E-state index in [4.69, 9.17) is 9.52 Å². The van der Waals surface area contributed by atoms with Crippen molar-refractivity contribution in [2.24, 2.45) is 0 Å². The third-order valence-corrected chi connectivity index (χ3v) is 3.72. The molecule has 3 aromatic rings. The van der Waals surface area contributed by atoms with Crippen molar-refractivity contribution in [2.45, 2.75) is 6.42 Å². The van der Waals surface area contributed by atoms with E-state index in [1.165, 1.54) is 0 Å². The number of carboxylic acid groups (broad SMARTS) is 1. The lowest BCUT2D eigenvalue weighted by molar-refractivity contribution is -0.136. The first-order valence-electron chi connectivity index (χ1n) is 5.92. The summed E-state index contributed by atoms with van der Waals surface area (Å²) in [6.07, 6.45) is -0.184. The number of hydrogen-bond acceptors (Lipinski definition) is 3. The molecule has 3 rings (SSSR count). The number of benzene rings is 2. The maximum absolute atomic E-state index is 12.4. The Morgan fingerprint density at radius 3 is 2.45 bits per heavy atom. The summed E-state index contributed by atoms with van der Waals surface area (Å²) in [7, 11) is 0. The van der Waals surface area contributed by atoms with E-state index < -0.39 is 5.97 Å². The third kappa shape index (κ3) is 2.00. The molecule has 1 N–H and O–H groups in total. The van der Waals surface area contributed by atoms with Gasteiger partial charge in [-0.1, -0.05) is 18.2 Å². The van der Waals surface area contributed by atoms with Crippen molar-refractivity contribution >= 4 is 43.8 Å². The number of hydrogen-bond donors (Lipinski definition) is 1. The maximum Gasteiger partial charge on any atom is 0.307 e. The fourth-order valence-electron chi connectivity index (χ4n) is 2.22. The van der Waals surface area contributed by atoms with Crippen LogP contribution in [-0.4, -0.2) is 11.1 Å². The van der Waals surface area contributed by atoms with Gasteiger partial charge in [0.1, 0.15) is 5.58 Å². The molecule has 0 saturated carbocycles. The van der Waals surface area contributed by atoms with Gasteiger partial charge >= 0.3 is 5.97 Å². The predicted molar refractivity (Wildman–Crippen MR) is 79.0 cm³/mol. The van der Waals surface area contributed by atoms with Crippen LogP contribution in [0.25, 0.3) is 21.9 Å². The lowest BCUT2D eigenvalue weighted by atomic mass is 10.1. The van der Waals surface area contributed by atoms with E-state index in [0.717, 1.165) is 0 Å². The van der Waals surface area contributed by atoms with Gasteiger partial charge in [-0.05, 0) is 34.1 Å². The van der Waals surface area contributed by atoms with Crippen molar-refractivity contribution in [3.63, 3.8) is 0 Å². The Labute approximate surface area is 121 Å². The van der Waals surface area contributed by atoms with Gasteiger partial charge in [0.15, 0.2) is 5.58 Å². The normalized spacial score (nSPS) is 11.1. The van der Waals surface area contributed by atoms with Gasteiger partial charge < -0.3 is 9.52 Å². The van der Waals surface area contributed by atoms with E-state index in [-0.39, 0.29) is 11.8 Å². The van der Waals surface area contributed by atoms with E-state index in [1.54, 1.807) is 36.4 Å². The van der Waals surface area contributed by atoms with Crippen LogP contribution in [0.15, 0.2) is 50.1 Å². The summed E-state index contributed by atoms with van der Waals surface area (Å²) in [6.45, 7) is 0. The summed E-state index contributed by atoms with van der Waals surface area (Å²) in [4.78, 5) is 23.3. The lowest BCUT2D eigenvalue weighted by Gasteiger charge is -2.06. The lowest BCUT2D eigenvalue weighted by Crippen LogP contribution is -2.06. The van der Waals surface area contributed by atoms with Gasteiger partial charge in [-0.25, -0.2) is 0 Å². The third-order valence-electron chi connectivity index (χ3n) is 3.10. The highest BCUT2D eigenvalue weighted by atomic mass is 79.9. The number of fused-ring (bicyclic) bond motifs is 2. The van der Waals surface area contributed by atoms with Gasteiger partial charge in [0, 0.05) is 5.56 Å². The van der Waals surface area contributed by atoms with E-state index in [9.17, 15) is 9.59 Å². The Morgan fingerprint density at radius 2 is 1.75 bits per heavy atom. The van der Waals surface area contributed by atoms with E-state index in [1.807, 2.05) is 0 Å². The largest absolute Gasteiger partial charge is 0.481 e. The molecule has 0 fully saturated rings. The fraction of sp³-hybridized carbons (Fsp3) is 0.0667. The van der Waals surface area contributed by atoms with Crippen LogP contribution < -0.4 is 5.43 Å². The minimum Gasteiger partial charge on any atom is -0.481 e. The van der Waals surface area contributed by atoms with Crippen molar-refractivity contribution in [2.75, 3.05) is 0 Å². The molecule has 0 amide bonds. The van der Waals surface area contributed by atoms with Crippen LogP contribution in [0, 0.1) is 0 Å².